The van der Waals surface area contributed by atoms with E-state index in [9.17, 15) is 0 Å². The number of aromatic amines is 1. The summed E-state index contributed by atoms with van der Waals surface area (Å²) in [6.07, 6.45) is 5.27. The number of aromatic nitrogens is 2. The molecule has 3 nitrogen and oxygen atoms in total. The van der Waals surface area contributed by atoms with Crippen molar-refractivity contribution >= 4 is 0 Å². The molecular weight excluding hydrogens is 198 g/mol. The molecule has 84 valence electrons. The molecule has 1 heterocycles. The van der Waals surface area contributed by atoms with Gasteiger partial charge in [0, 0.05) is 24.9 Å². The van der Waals surface area contributed by atoms with E-state index in [-0.39, 0.29) is 6.04 Å². The minimum atomic E-state index is 0.119. The summed E-state index contributed by atoms with van der Waals surface area (Å²) in [6.45, 7) is 2.09. The van der Waals surface area contributed by atoms with Crippen LogP contribution in [0.1, 0.15) is 17.0 Å². The SMILES string of the molecule is Cc1ccc(CC(N)Cc2ncc[nH]2)cc1. The molecule has 0 aliphatic heterocycles. The van der Waals surface area contributed by atoms with Crippen LogP contribution < -0.4 is 5.73 Å². The monoisotopic (exact) mass is 215 g/mol. The summed E-state index contributed by atoms with van der Waals surface area (Å²) in [6, 6.07) is 8.63. The van der Waals surface area contributed by atoms with E-state index in [1.165, 1.54) is 11.1 Å². The number of imidazole rings is 1. The number of nitrogens with one attached hydrogen (secondary N) is 1. The predicted octanol–water partition coefficient (Wildman–Crippen LogP) is 1.83. The third kappa shape index (κ3) is 2.94. The molecule has 0 aliphatic rings. The van der Waals surface area contributed by atoms with Gasteiger partial charge in [0.05, 0.1) is 0 Å². The Bertz CT molecular complexity index is 417. The molecular formula is C13H17N3. The topological polar surface area (TPSA) is 54.7 Å². The van der Waals surface area contributed by atoms with Crippen molar-refractivity contribution in [3.63, 3.8) is 0 Å². The van der Waals surface area contributed by atoms with E-state index in [4.69, 9.17) is 5.73 Å². The van der Waals surface area contributed by atoms with Crippen LogP contribution >= 0.6 is 0 Å². The van der Waals surface area contributed by atoms with Crippen LogP contribution in [-0.4, -0.2) is 16.0 Å². The summed E-state index contributed by atoms with van der Waals surface area (Å²) in [5, 5.41) is 0. The highest BCUT2D eigenvalue weighted by Gasteiger charge is 2.06. The van der Waals surface area contributed by atoms with Crippen molar-refractivity contribution in [1.82, 2.24) is 9.97 Å². The zero-order valence-corrected chi connectivity index (χ0v) is 9.48. The van der Waals surface area contributed by atoms with Crippen molar-refractivity contribution in [2.45, 2.75) is 25.8 Å². The fourth-order valence-corrected chi connectivity index (χ4v) is 1.76. The van der Waals surface area contributed by atoms with E-state index in [2.05, 4.69) is 41.2 Å². The van der Waals surface area contributed by atoms with Gasteiger partial charge in [0.2, 0.25) is 0 Å². The van der Waals surface area contributed by atoms with Gasteiger partial charge in [0.25, 0.3) is 0 Å². The quantitative estimate of drug-likeness (QED) is 0.817. The summed E-state index contributed by atoms with van der Waals surface area (Å²) in [5.74, 6) is 0.958. The molecule has 16 heavy (non-hydrogen) atoms. The van der Waals surface area contributed by atoms with E-state index in [1.54, 1.807) is 6.20 Å². The van der Waals surface area contributed by atoms with Gasteiger partial charge in [-0.05, 0) is 18.9 Å². The largest absolute Gasteiger partial charge is 0.349 e. The number of aryl methyl sites for hydroxylation is 1. The first-order chi connectivity index (χ1) is 7.74. The van der Waals surface area contributed by atoms with E-state index in [0.29, 0.717) is 0 Å². The second kappa shape index (κ2) is 4.94. The molecule has 1 aromatic carbocycles. The lowest BCUT2D eigenvalue weighted by molar-refractivity contribution is 0.645. The lowest BCUT2D eigenvalue weighted by atomic mass is 10.0. The second-order valence-electron chi connectivity index (χ2n) is 4.19. The van der Waals surface area contributed by atoms with Gasteiger partial charge in [-0.1, -0.05) is 29.8 Å². The molecule has 3 heteroatoms. The first-order valence-electron chi connectivity index (χ1n) is 5.53. The van der Waals surface area contributed by atoms with Crippen LogP contribution in [0.4, 0.5) is 0 Å². The van der Waals surface area contributed by atoms with Crippen LogP contribution in [0.15, 0.2) is 36.7 Å². The van der Waals surface area contributed by atoms with Crippen molar-refractivity contribution in [3.05, 3.63) is 53.6 Å². The number of nitrogens with two attached hydrogens (primary N) is 1. The molecule has 0 radical (unpaired) electrons. The lowest BCUT2D eigenvalue weighted by Crippen LogP contribution is -2.26. The molecule has 0 saturated carbocycles. The van der Waals surface area contributed by atoms with Gasteiger partial charge in [-0.3, -0.25) is 0 Å². The van der Waals surface area contributed by atoms with Crippen LogP contribution in [0.3, 0.4) is 0 Å². The van der Waals surface area contributed by atoms with Crippen LogP contribution in [0.5, 0.6) is 0 Å². The highest BCUT2D eigenvalue weighted by molar-refractivity contribution is 5.22. The summed E-state index contributed by atoms with van der Waals surface area (Å²) in [7, 11) is 0. The van der Waals surface area contributed by atoms with E-state index >= 15 is 0 Å². The van der Waals surface area contributed by atoms with Gasteiger partial charge in [-0.2, -0.15) is 0 Å². The molecule has 2 aromatic rings. The number of H-pyrrole nitrogens is 1. The van der Waals surface area contributed by atoms with Crippen LogP contribution in [0.2, 0.25) is 0 Å². The number of hydrogen-bond acceptors (Lipinski definition) is 2. The average Bonchev–Trinajstić information content (AvgIpc) is 2.74. The van der Waals surface area contributed by atoms with Gasteiger partial charge in [0.15, 0.2) is 0 Å². The van der Waals surface area contributed by atoms with Gasteiger partial charge in [-0.15, -0.1) is 0 Å². The molecule has 2 rings (SSSR count). The number of rotatable bonds is 4. The Labute approximate surface area is 95.7 Å². The molecule has 0 spiro atoms. The second-order valence-corrected chi connectivity index (χ2v) is 4.19. The Hall–Kier alpha value is -1.61. The van der Waals surface area contributed by atoms with Crippen molar-refractivity contribution in [3.8, 4) is 0 Å². The fraction of sp³-hybridized carbons (Fsp3) is 0.308. The zero-order valence-electron chi connectivity index (χ0n) is 9.48. The Balaban J connectivity index is 1.92. The smallest absolute Gasteiger partial charge is 0.107 e. The maximum Gasteiger partial charge on any atom is 0.107 e. The van der Waals surface area contributed by atoms with Crippen LogP contribution in [-0.2, 0) is 12.8 Å². The molecule has 3 N–H and O–H groups in total. The summed E-state index contributed by atoms with van der Waals surface area (Å²) >= 11 is 0. The first kappa shape index (κ1) is 10.9. The third-order valence-corrected chi connectivity index (χ3v) is 2.63. The molecule has 0 fully saturated rings. The van der Waals surface area contributed by atoms with Crippen molar-refractivity contribution in [1.29, 1.82) is 0 Å². The molecule has 1 atom stereocenters. The van der Waals surface area contributed by atoms with Crippen molar-refractivity contribution < 1.29 is 0 Å². The highest BCUT2D eigenvalue weighted by Crippen LogP contribution is 2.07. The van der Waals surface area contributed by atoms with Gasteiger partial charge >= 0.3 is 0 Å². The van der Waals surface area contributed by atoms with Gasteiger partial charge in [-0.25, -0.2) is 4.98 Å². The number of nitrogens with zero attached hydrogens (tertiary/aromatic N) is 1. The van der Waals surface area contributed by atoms with E-state index in [0.717, 1.165) is 18.7 Å². The standard InChI is InChI=1S/C13H17N3/c1-10-2-4-11(5-3-10)8-12(14)9-13-15-6-7-16-13/h2-7,12H,8-9,14H2,1H3,(H,15,16). The molecule has 1 unspecified atom stereocenters. The Morgan fingerprint density at radius 3 is 2.62 bits per heavy atom. The summed E-state index contributed by atoms with van der Waals surface area (Å²) in [5.41, 5.74) is 8.64. The number of benzene rings is 1. The summed E-state index contributed by atoms with van der Waals surface area (Å²) in [4.78, 5) is 7.25. The molecule has 1 aromatic heterocycles. The minimum absolute atomic E-state index is 0.119. The highest BCUT2D eigenvalue weighted by atomic mass is 14.9. The van der Waals surface area contributed by atoms with Crippen molar-refractivity contribution in [2.24, 2.45) is 5.73 Å². The van der Waals surface area contributed by atoms with Crippen molar-refractivity contribution in [2.75, 3.05) is 0 Å². The Kier molecular flexibility index (Phi) is 3.37. The predicted molar refractivity (Wildman–Crippen MR) is 65.2 cm³/mol. The molecule has 0 amide bonds. The lowest BCUT2D eigenvalue weighted by Gasteiger charge is -2.10. The van der Waals surface area contributed by atoms with E-state index in [1.807, 2.05) is 6.20 Å². The minimum Gasteiger partial charge on any atom is -0.349 e. The van der Waals surface area contributed by atoms with Crippen LogP contribution in [0.25, 0.3) is 0 Å². The summed E-state index contributed by atoms with van der Waals surface area (Å²) < 4.78 is 0. The molecule has 0 bridgehead atoms. The third-order valence-electron chi connectivity index (χ3n) is 2.63. The van der Waals surface area contributed by atoms with E-state index < -0.39 is 0 Å². The molecule has 0 aliphatic carbocycles. The average molecular weight is 215 g/mol. The van der Waals surface area contributed by atoms with Gasteiger partial charge < -0.3 is 10.7 Å². The fourth-order valence-electron chi connectivity index (χ4n) is 1.76. The number of hydrogen-bond donors (Lipinski definition) is 2. The molecule has 0 saturated heterocycles. The zero-order chi connectivity index (χ0) is 11.4. The maximum absolute atomic E-state index is 6.07. The van der Waals surface area contributed by atoms with Crippen LogP contribution in [0, 0.1) is 6.92 Å². The first-order valence-corrected chi connectivity index (χ1v) is 5.53. The normalized spacial score (nSPS) is 12.6. The Morgan fingerprint density at radius 2 is 2.00 bits per heavy atom. The Morgan fingerprint density at radius 1 is 1.25 bits per heavy atom. The van der Waals surface area contributed by atoms with Gasteiger partial charge in [0.1, 0.15) is 5.82 Å². The maximum atomic E-state index is 6.07.